The van der Waals surface area contributed by atoms with Gasteiger partial charge < -0.3 is 10.1 Å². The Morgan fingerprint density at radius 1 is 1.37 bits per heavy atom. The summed E-state index contributed by atoms with van der Waals surface area (Å²) in [6, 6.07) is 1.78. The minimum Gasteiger partial charge on any atom is -0.374 e. The molecule has 2 rings (SSSR count). The summed E-state index contributed by atoms with van der Waals surface area (Å²) in [7, 11) is 0. The van der Waals surface area contributed by atoms with Gasteiger partial charge >= 0.3 is 0 Å². The Hall–Kier alpha value is -0.870. The highest BCUT2D eigenvalue weighted by Crippen LogP contribution is 2.43. The lowest BCUT2D eigenvalue weighted by atomic mass is 9.67. The molecule has 0 bridgehead atoms. The van der Waals surface area contributed by atoms with Gasteiger partial charge in [0.25, 0.3) is 0 Å². The molecule has 19 heavy (non-hydrogen) atoms. The zero-order chi connectivity index (χ0) is 13.7. The van der Waals surface area contributed by atoms with Gasteiger partial charge in [-0.05, 0) is 31.6 Å². The van der Waals surface area contributed by atoms with E-state index in [1.165, 1.54) is 25.7 Å². The van der Waals surface area contributed by atoms with Crippen molar-refractivity contribution in [1.82, 2.24) is 9.97 Å². The fourth-order valence-electron chi connectivity index (χ4n) is 2.42. The summed E-state index contributed by atoms with van der Waals surface area (Å²) in [5.74, 6) is 1.44. The van der Waals surface area contributed by atoms with E-state index in [4.69, 9.17) is 16.3 Å². The average Bonchev–Trinajstić information content (AvgIpc) is 2.35. The molecule has 0 aromatic carbocycles. The van der Waals surface area contributed by atoms with Crippen molar-refractivity contribution < 1.29 is 4.74 Å². The third-order valence-electron chi connectivity index (χ3n) is 3.99. The topological polar surface area (TPSA) is 47.0 Å². The molecule has 5 heteroatoms. The van der Waals surface area contributed by atoms with Crippen molar-refractivity contribution in [2.45, 2.75) is 46.1 Å². The van der Waals surface area contributed by atoms with Gasteiger partial charge in [-0.25, -0.2) is 9.97 Å². The number of ether oxygens (including phenoxy) is 1. The van der Waals surface area contributed by atoms with E-state index >= 15 is 0 Å². The van der Waals surface area contributed by atoms with Gasteiger partial charge in [-0.2, -0.15) is 0 Å². The van der Waals surface area contributed by atoms with Gasteiger partial charge in [-0.15, -0.1) is 0 Å². The number of anilines is 1. The maximum absolute atomic E-state index is 6.01. The quantitative estimate of drug-likeness (QED) is 0.776. The van der Waals surface area contributed by atoms with Crippen LogP contribution in [0.25, 0.3) is 0 Å². The van der Waals surface area contributed by atoms with Gasteiger partial charge in [-0.3, -0.25) is 0 Å². The first-order chi connectivity index (χ1) is 9.17. The van der Waals surface area contributed by atoms with Crippen LogP contribution in [-0.4, -0.2) is 23.1 Å². The van der Waals surface area contributed by atoms with Crippen molar-refractivity contribution in [2.75, 3.05) is 18.5 Å². The predicted molar refractivity (Wildman–Crippen MR) is 77.4 cm³/mol. The Kier molecular flexibility index (Phi) is 4.99. The molecule has 0 amide bonds. The summed E-state index contributed by atoms with van der Waals surface area (Å²) in [5.41, 5.74) is 0.456. The lowest BCUT2D eigenvalue weighted by molar-refractivity contribution is 0.128. The van der Waals surface area contributed by atoms with Gasteiger partial charge in [0.15, 0.2) is 5.82 Å². The van der Waals surface area contributed by atoms with Gasteiger partial charge in [0.2, 0.25) is 0 Å². The minimum atomic E-state index is 0.407. The Balaban J connectivity index is 1.97. The van der Waals surface area contributed by atoms with Gasteiger partial charge in [0.1, 0.15) is 17.6 Å². The SMILES string of the molecule is CCOCc1nc(Cl)cc(NCC2(CC)CCC2)n1. The third-order valence-corrected chi connectivity index (χ3v) is 4.18. The molecule has 0 unspecified atom stereocenters. The molecule has 0 radical (unpaired) electrons. The molecule has 0 spiro atoms. The Morgan fingerprint density at radius 2 is 2.16 bits per heavy atom. The van der Waals surface area contributed by atoms with Crippen molar-refractivity contribution in [3.8, 4) is 0 Å². The molecule has 1 aromatic heterocycles. The summed E-state index contributed by atoms with van der Waals surface area (Å²) in [5, 5.41) is 3.87. The second-order valence-corrected chi connectivity index (χ2v) is 5.58. The monoisotopic (exact) mass is 283 g/mol. The lowest BCUT2D eigenvalue weighted by Crippen LogP contribution is -2.36. The van der Waals surface area contributed by atoms with Gasteiger partial charge in [0.05, 0.1) is 0 Å². The highest BCUT2D eigenvalue weighted by Gasteiger charge is 2.34. The van der Waals surface area contributed by atoms with Crippen LogP contribution in [0, 0.1) is 5.41 Å². The van der Waals surface area contributed by atoms with E-state index in [0.717, 1.165) is 12.4 Å². The molecule has 106 valence electrons. The molecule has 1 aliphatic rings. The highest BCUT2D eigenvalue weighted by atomic mass is 35.5. The van der Waals surface area contributed by atoms with Crippen molar-refractivity contribution in [3.05, 3.63) is 17.0 Å². The van der Waals surface area contributed by atoms with Crippen molar-refractivity contribution in [3.63, 3.8) is 0 Å². The summed E-state index contributed by atoms with van der Waals surface area (Å²) in [4.78, 5) is 8.59. The van der Waals surface area contributed by atoms with Crippen molar-refractivity contribution >= 4 is 17.4 Å². The maximum Gasteiger partial charge on any atom is 0.158 e. The average molecular weight is 284 g/mol. The normalized spacial score (nSPS) is 17.0. The maximum atomic E-state index is 6.01. The van der Waals surface area contributed by atoms with E-state index in [1.807, 2.05) is 6.92 Å². The number of nitrogens with one attached hydrogen (secondary N) is 1. The number of aromatic nitrogens is 2. The highest BCUT2D eigenvalue weighted by molar-refractivity contribution is 6.29. The predicted octanol–water partition coefficient (Wildman–Crippen LogP) is 3.66. The molecule has 1 saturated carbocycles. The van der Waals surface area contributed by atoms with Crippen LogP contribution in [0.3, 0.4) is 0 Å². The molecule has 0 atom stereocenters. The summed E-state index contributed by atoms with van der Waals surface area (Å²) < 4.78 is 5.32. The van der Waals surface area contributed by atoms with Crippen LogP contribution in [0.4, 0.5) is 5.82 Å². The molecule has 1 fully saturated rings. The number of hydrogen-bond donors (Lipinski definition) is 1. The fourth-order valence-corrected chi connectivity index (χ4v) is 2.62. The fraction of sp³-hybridized carbons (Fsp3) is 0.714. The Bertz CT molecular complexity index is 416. The number of rotatable bonds is 7. The van der Waals surface area contributed by atoms with E-state index in [0.29, 0.717) is 29.6 Å². The standard InChI is InChI=1S/C14H22ClN3O/c1-3-14(6-5-7-14)10-16-12-8-11(15)17-13(18-12)9-19-4-2/h8H,3-7,9-10H2,1-2H3,(H,16,17,18). The summed E-state index contributed by atoms with van der Waals surface area (Å²) in [6.45, 7) is 6.23. The molecule has 1 aliphatic carbocycles. The molecule has 4 nitrogen and oxygen atoms in total. The van der Waals surface area contributed by atoms with E-state index in [9.17, 15) is 0 Å². The Morgan fingerprint density at radius 3 is 2.74 bits per heavy atom. The molecular formula is C14H22ClN3O. The largest absolute Gasteiger partial charge is 0.374 e. The minimum absolute atomic E-state index is 0.407. The van der Waals surface area contributed by atoms with Crippen LogP contribution >= 0.6 is 11.6 Å². The van der Waals surface area contributed by atoms with Crippen LogP contribution in [0.1, 0.15) is 45.4 Å². The number of halogens is 1. The van der Waals surface area contributed by atoms with E-state index in [-0.39, 0.29) is 0 Å². The van der Waals surface area contributed by atoms with Crippen LogP contribution in [-0.2, 0) is 11.3 Å². The van der Waals surface area contributed by atoms with E-state index in [1.54, 1.807) is 6.07 Å². The van der Waals surface area contributed by atoms with Gasteiger partial charge in [0, 0.05) is 19.2 Å². The second kappa shape index (κ2) is 6.53. The Labute approximate surface area is 119 Å². The summed E-state index contributed by atoms with van der Waals surface area (Å²) in [6.07, 6.45) is 5.17. The zero-order valence-corrected chi connectivity index (χ0v) is 12.5. The molecule has 1 heterocycles. The first-order valence-electron chi connectivity index (χ1n) is 7.02. The smallest absolute Gasteiger partial charge is 0.158 e. The number of nitrogens with zero attached hydrogens (tertiary/aromatic N) is 2. The van der Waals surface area contributed by atoms with E-state index in [2.05, 4.69) is 22.2 Å². The third kappa shape index (κ3) is 3.80. The first kappa shape index (κ1) is 14.5. The van der Waals surface area contributed by atoms with Crippen LogP contribution in [0.2, 0.25) is 5.15 Å². The molecule has 0 saturated heterocycles. The summed E-state index contributed by atoms with van der Waals surface area (Å²) >= 11 is 6.01. The van der Waals surface area contributed by atoms with E-state index < -0.39 is 0 Å². The molecule has 1 aromatic rings. The van der Waals surface area contributed by atoms with Crippen molar-refractivity contribution in [1.29, 1.82) is 0 Å². The number of hydrogen-bond acceptors (Lipinski definition) is 4. The van der Waals surface area contributed by atoms with Crippen LogP contribution in [0.5, 0.6) is 0 Å². The lowest BCUT2D eigenvalue weighted by Gasteiger charge is -2.41. The second-order valence-electron chi connectivity index (χ2n) is 5.19. The first-order valence-corrected chi connectivity index (χ1v) is 7.40. The molecule has 1 N–H and O–H groups in total. The zero-order valence-electron chi connectivity index (χ0n) is 11.7. The molecule has 0 aliphatic heterocycles. The van der Waals surface area contributed by atoms with Crippen LogP contribution in [0.15, 0.2) is 6.07 Å². The van der Waals surface area contributed by atoms with Crippen LogP contribution < -0.4 is 5.32 Å². The van der Waals surface area contributed by atoms with Gasteiger partial charge in [-0.1, -0.05) is 24.9 Å². The molecular weight excluding hydrogens is 262 g/mol. The van der Waals surface area contributed by atoms with Crippen molar-refractivity contribution in [2.24, 2.45) is 5.41 Å².